The van der Waals surface area contributed by atoms with Gasteiger partial charge in [0, 0.05) is 31.7 Å². The van der Waals surface area contributed by atoms with Gasteiger partial charge in [0.1, 0.15) is 5.56 Å². The number of hydrogen-bond acceptors (Lipinski definition) is 5. The van der Waals surface area contributed by atoms with E-state index < -0.39 is 0 Å². The van der Waals surface area contributed by atoms with Crippen molar-refractivity contribution in [2.75, 3.05) is 34.4 Å². The number of amides is 1. The zero-order valence-corrected chi connectivity index (χ0v) is 16.2. The molecule has 0 saturated carbocycles. The molecule has 1 atom stereocenters. The molecule has 1 aliphatic heterocycles. The topological polar surface area (TPSA) is 54.9 Å². The number of rotatable bonds is 6. The minimum Gasteiger partial charge on any atom is -0.481 e. The van der Waals surface area contributed by atoms with E-state index in [1.54, 1.807) is 19.2 Å². The van der Waals surface area contributed by atoms with E-state index in [1.807, 2.05) is 11.0 Å². The van der Waals surface area contributed by atoms with Crippen LogP contribution in [0.5, 0.6) is 11.8 Å². The fourth-order valence-electron chi connectivity index (χ4n) is 3.53. The second-order valence-electron chi connectivity index (χ2n) is 6.86. The fourth-order valence-corrected chi connectivity index (χ4v) is 3.53. The van der Waals surface area contributed by atoms with Crippen molar-refractivity contribution in [2.24, 2.45) is 0 Å². The van der Waals surface area contributed by atoms with E-state index in [1.165, 1.54) is 12.7 Å². The SMILES string of the molecule is COc1ccc(C(=O)N2CCCC(N(C)Cc3ccccc3)C2)c(OC)n1. The van der Waals surface area contributed by atoms with Gasteiger partial charge in [0.2, 0.25) is 11.8 Å². The van der Waals surface area contributed by atoms with Crippen LogP contribution in [0.15, 0.2) is 42.5 Å². The summed E-state index contributed by atoms with van der Waals surface area (Å²) in [4.78, 5) is 21.5. The number of benzene rings is 1. The van der Waals surface area contributed by atoms with Gasteiger partial charge in [0.15, 0.2) is 0 Å². The molecule has 6 heteroatoms. The summed E-state index contributed by atoms with van der Waals surface area (Å²) in [5.41, 5.74) is 1.76. The predicted octanol–water partition coefficient (Wildman–Crippen LogP) is 2.84. The molecule has 2 heterocycles. The Bertz CT molecular complexity index is 767. The molecule has 1 amide bonds. The molecule has 1 unspecified atom stereocenters. The zero-order valence-electron chi connectivity index (χ0n) is 16.2. The minimum absolute atomic E-state index is 0.0418. The number of methoxy groups -OCH3 is 2. The molecule has 0 N–H and O–H groups in total. The van der Waals surface area contributed by atoms with Gasteiger partial charge in [0.25, 0.3) is 5.91 Å². The lowest BCUT2D eigenvalue weighted by molar-refractivity contribution is 0.0598. The van der Waals surface area contributed by atoms with Crippen LogP contribution in [0.4, 0.5) is 0 Å². The smallest absolute Gasteiger partial charge is 0.259 e. The maximum atomic E-state index is 13.1. The molecule has 1 saturated heterocycles. The van der Waals surface area contributed by atoms with Crippen LogP contribution in [0.2, 0.25) is 0 Å². The third-order valence-corrected chi connectivity index (χ3v) is 5.05. The number of ether oxygens (including phenoxy) is 2. The second kappa shape index (κ2) is 8.86. The first-order chi connectivity index (χ1) is 13.1. The highest BCUT2D eigenvalue weighted by Crippen LogP contribution is 2.24. The lowest BCUT2D eigenvalue weighted by atomic mass is 10.0. The number of pyridine rings is 1. The highest BCUT2D eigenvalue weighted by atomic mass is 16.5. The van der Waals surface area contributed by atoms with Gasteiger partial charge in [0.05, 0.1) is 14.2 Å². The van der Waals surface area contributed by atoms with Gasteiger partial charge in [-0.05, 0) is 31.5 Å². The standard InChI is InChI=1S/C21H27N3O3/c1-23(14-16-8-5-4-6-9-16)17-10-7-13-24(15-17)21(25)18-11-12-19(26-2)22-20(18)27-3/h4-6,8-9,11-12,17H,7,10,13-15H2,1-3H3. The van der Waals surface area contributed by atoms with E-state index in [4.69, 9.17) is 9.47 Å². The monoisotopic (exact) mass is 369 g/mol. The van der Waals surface area contributed by atoms with Gasteiger partial charge in [-0.3, -0.25) is 9.69 Å². The summed E-state index contributed by atoms with van der Waals surface area (Å²) < 4.78 is 10.4. The van der Waals surface area contributed by atoms with Gasteiger partial charge < -0.3 is 14.4 Å². The van der Waals surface area contributed by atoms with E-state index in [0.29, 0.717) is 29.9 Å². The number of aromatic nitrogens is 1. The second-order valence-corrected chi connectivity index (χ2v) is 6.86. The Labute approximate surface area is 160 Å². The van der Waals surface area contributed by atoms with Crippen LogP contribution >= 0.6 is 0 Å². The van der Waals surface area contributed by atoms with Gasteiger partial charge in [-0.2, -0.15) is 4.98 Å². The molecule has 6 nitrogen and oxygen atoms in total. The lowest BCUT2D eigenvalue weighted by Crippen LogP contribution is -2.48. The Hall–Kier alpha value is -2.60. The lowest BCUT2D eigenvalue weighted by Gasteiger charge is -2.37. The summed E-state index contributed by atoms with van der Waals surface area (Å²) in [5, 5.41) is 0. The van der Waals surface area contributed by atoms with Crippen molar-refractivity contribution in [2.45, 2.75) is 25.4 Å². The number of likely N-dealkylation sites (tertiary alicyclic amines) is 1. The molecule has 1 fully saturated rings. The summed E-state index contributed by atoms with van der Waals surface area (Å²) in [6.07, 6.45) is 2.08. The summed E-state index contributed by atoms with van der Waals surface area (Å²) in [7, 11) is 5.19. The number of carbonyl (C=O) groups is 1. The molecular formula is C21H27N3O3. The average molecular weight is 369 g/mol. The van der Waals surface area contributed by atoms with E-state index in [-0.39, 0.29) is 5.91 Å². The minimum atomic E-state index is -0.0418. The van der Waals surface area contributed by atoms with Crippen molar-refractivity contribution < 1.29 is 14.3 Å². The van der Waals surface area contributed by atoms with E-state index in [0.717, 1.165) is 25.9 Å². The Morgan fingerprint density at radius 1 is 1.19 bits per heavy atom. The van der Waals surface area contributed by atoms with Crippen LogP contribution in [0.1, 0.15) is 28.8 Å². The number of hydrogen-bond donors (Lipinski definition) is 0. The van der Waals surface area contributed by atoms with Crippen molar-refractivity contribution in [1.29, 1.82) is 0 Å². The van der Waals surface area contributed by atoms with Crippen molar-refractivity contribution in [1.82, 2.24) is 14.8 Å². The molecular weight excluding hydrogens is 342 g/mol. The molecule has 2 aromatic rings. The van der Waals surface area contributed by atoms with E-state index >= 15 is 0 Å². The van der Waals surface area contributed by atoms with Gasteiger partial charge in [-0.15, -0.1) is 0 Å². The highest BCUT2D eigenvalue weighted by Gasteiger charge is 2.28. The number of likely N-dealkylation sites (N-methyl/N-ethyl adjacent to an activating group) is 1. The van der Waals surface area contributed by atoms with Crippen LogP contribution in [0.3, 0.4) is 0 Å². The van der Waals surface area contributed by atoms with Crippen molar-refractivity contribution >= 4 is 5.91 Å². The molecule has 0 aliphatic carbocycles. The molecule has 0 spiro atoms. The molecule has 3 rings (SSSR count). The van der Waals surface area contributed by atoms with Gasteiger partial charge in [-0.25, -0.2) is 0 Å². The molecule has 1 aromatic carbocycles. The first-order valence-electron chi connectivity index (χ1n) is 9.25. The number of nitrogens with zero attached hydrogens (tertiary/aromatic N) is 3. The van der Waals surface area contributed by atoms with Crippen LogP contribution in [-0.2, 0) is 6.54 Å². The van der Waals surface area contributed by atoms with Crippen LogP contribution in [0, 0.1) is 0 Å². The normalized spacial score (nSPS) is 17.0. The highest BCUT2D eigenvalue weighted by molar-refractivity contribution is 5.96. The largest absolute Gasteiger partial charge is 0.481 e. The van der Waals surface area contributed by atoms with Crippen LogP contribution < -0.4 is 9.47 Å². The van der Waals surface area contributed by atoms with Gasteiger partial charge in [-0.1, -0.05) is 30.3 Å². The third-order valence-electron chi connectivity index (χ3n) is 5.05. The van der Waals surface area contributed by atoms with E-state index in [2.05, 4.69) is 41.2 Å². The van der Waals surface area contributed by atoms with Crippen molar-refractivity contribution in [3.05, 3.63) is 53.6 Å². The summed E-state index contributed by atoms with van der Waals surface area (Å²) in [6, 6.07) is 14.2. The van der Waals surface area contributed by atoms with Crippen LogP contribution in [0.25, 0.3) is 0 Å². The molecule has 1 aromatic heterocycles. The zero-order chi connectivity index (χ0) is 19.2. The first-order valence-corrected chi connectivity index (χ1v) is 9.25. The van der Waals surface area contributed by atoms with Gasteiger partial charge >= 0.3 is 0 Å². The number of carbonyl (C=O) groups excluding carboxylic acids is 1. The van der Waals surface area contributed by atoms with Crippen molar-refractivity contribution in [3.8, 4) is 11.8 Å². The summed E-state index contributed by atoms with van der Waals surface area (Å²) >= 11 is 0. The Balaban J connectivity index is 1.69. The Morgan fingerprint density at radius 2 is 1.96 bits per heavy atom. The molecule has 144 valence electrons. The first kappa shape index (κ1) is 19.2. The molecule has 27 heavy (non-hydrogen) atoms. The Morgan fingerprint density at radius 3 is 2.67 bits per heavy atom. The Kier molecular flexibility index (Phi) is 6.29. The van der Waals surface area contributed by atoms with Crippen molar-refractivity contribution in [3.63, 3.8) is 0 Å². The maximum Gasteiger partial charge on any atom is 0.259 e. The maximum absolute atomic E-state index is 13.1. The fraction of sp³-hybridized carbons (Fsp3) is 0.429. The summed E-state index contributed by atoms with van der Waals surface area (Å²) in [6.45, 7) is 2.34. The third kappa shape index (κ3) is 4.57. The predicted molar refractivity (Wildman–Crippen MR) is 104 cm³/mol. The molecule has 0 bridgehead atoms. The van der Waals surface area contributed by atoms with E-state index in [9.17, 15) is 4.79 Å². The molecule has 0 radical (unpaired) electrons. The van der Waals surface area contributed by atoms with Crippen LogP contribution in [-0.4, -0.2) is 61.1 Å². The number of piperidine rings is 1. The quantitative estimate of drug-likeness (QED) is 0.784. The summed E-state index contributed by atoms with van der Waals surface area (Å²) in [5.74, 6) is 0.696. The average Bonchev–Trinajstić information content (AvgIpc) is 2.73. The molecule has 1 aliphatic rings.